The number of pyridine rings is 1. The van der Waals surface area contributed by atoms with Crippen LogP contribution in [0.5, 0.6) is 0 Å². The van der Waals surface area contributed by atoms with E-state index in [0.717, 1.165) is 24.3 Å². The van der Waals surface area contributed by atoms with Gasteiger partial charge in [-0.2, -0.15) is 0 Å². The summed E-state index contributed by atoms with van der Waals surface area (Å²) < 4.78 is 0. The molecule has 0 radical (unpaired) electrons. The van der Waals surface area contributed by atoms with Crippen molar-refractivity contribution in [2.75, 3.05) is 11.9 Å². The minimum absolute atomic E-state index is 0.550. The molecule has 66 valence electrons. The van der Waals surface area contributed by atoms with Crippen molar-refractivity contribution >= 4 is 17.4 Å². The number of anilines is 1. The Morgan fingerprint density at radius 1 is 1.50 bits per heavy atom. The van der Waals surface area contributed by atoms with Crippen LogP contribution in [0.4, 0.5) is 5.82 Å². The second kappa shape index (κ2) is 4.31. The molecule has 1 N–H and O–H groups in total. The molecule has 0 unspecified atom stereocenters. The maximum Gasteiger partial charge on any atom is 0.131 e. The van der Waals surface area contributed by atoms with E-state index in [-0.39, 0.29) is 0 Å². The van der Waals surface area contributed by atoms with Crippen molar-refractivity contribution in [2.24, 2.45) is 0 Å². The first-order valence-corrected chi connectivity index (χ1v) is 4.48. The highest BCUT2D eigenvalue weighted by atomic mass is 35.5. The van der Waals surface area contributed by atoms with Crippen LogP contribution in [0.15, 0.2) is 12.1 Å². The summed E-state index contributed by atoms with van der Waals surface area (Å²) >= 11 is 5.78. The van der Waals surface area contributed by atoms with Crippen molar-refractivity contribution in [3.63, 3.8) is 0 Å². The van der Waals surface area contributed by atoms with Crippen LogP contribution in [-0.4, -0.2) is 11.5 Å². The van der Waals surface area contributed by atoms with Crippen molar-refractivity contribution in [3.8, 4) is 0 Å². The van der Waals surface area contributed by atoms with Gasteiger partial charge in [0.25, 0.3) is 0 Å². The summed E-state index contributed by atoms with van der Waals surface area (Å²) in [6, 6.07) is 3.83. The first-order chi connectivity index (χ1) is 5.72. The van der Waals surface area contributed by atoms with Gasteiger partial charge >= 0.3 is 0 Å². The minimum Gasteiger partial charge on any atom is -0.370 e. The Kier molecular flexibility index (Phi) is 3.35. The summed E-state index contributed by atoms with van der Waals surface area (Å²) in [5, 5.41) is 3.73. The molecule has 0 atom stereocenters. The van der Waals surface area contributed by atoms with Crippen molar-refractivity contribution < 1.29 is 0 Å². The third-order valence-corrected chi connectivity index (χ3v) is 1.69. The monoisotopic (exact) mass is 184 g/mol. The molecule has 0 saturated carbocycles. The highest BCUT2D eigenvalue weighted by Crippen LogP contribution is 2.13. The van der Waals surface area contributed by atoms with Crippen molar-refractivity contribution in [2.45, 2.75) is 20.3 Å². The zero-order valence-electron chi connectivity index (χ0n) is 7.39. The van der Waals surface area contributed by atoms with Crippen molar-refractivity contribution in [1.82, 2.24) is 4.98 Å². The van der Waals surface area contributed by atoms with Gasteiger partial charge in [-0.05, 0) is 31.0 Å². The largest absolute Gasteiger partial charge is 0.370 e. The molecule has 0 fully saturated rings. The zero-order chi connectivity index (χ0) is 8.97. The number of aromatic nitrogens is 1. The molecule has 0 aliphatic carbocycles. The Bertz CT molecular complexity index is 240. The van der Waals surface area contributed by atoms with Crippen LogP contribution in [0.25, 0.3) is 0 Å². The molecule has 0 bridgehead atoms. The van der Waals surface area contributed by atoms with Gasteiger partial charge in [-0.15, -0.1) is 0 Å². The molecular weight excluding hydrogens is 172 g/mol. The maximum atomic E-state index is 5.78. The average Bonchev–Trinajstić information content (AvgIpc) is 1.99. The van der Waals surface area contributed by atoms with Gasteiger partial charge in [0.1, 0.15) is 11.0 Å². The Labute approximate surface area is 78.0 Å². The third-order valence-electron chi connectivity index (χ3n) is 1.49. The van der Waals surface area contributed by atoms with E-state index in [9.17, 15) is 0 Å². The topological polar surface area (TPSA) is 24.9 Å². The Balaban J connectivity index is 2.72. The van der Waals surface area contributed by atoms with Gasteiger partial charge in [-0.3, -0.25) is 0 Å². The molecular formula is C9H13ClN2. The quantitative estimate of drug-likeness (QED) is 0.731. The Hall–Kier alpha value is -0.760. The Morgan fingerprint density at radius 3 is 2.83 bits per heavy atom. The van der Waals surface area contributed by atoms with Crippen molar-refractivity contribution in [1.29, 1.82) is 0 Å². The van der Waals surface area contributed by atoms with Crippen LogP contribution < -0.4 is 5.32 Å². The van der Waals surface area contributed by atoms with E-state index in [1.54, 1.807) is 0 Å². The number of nitrogens with one attached hydrogen (secondary N) is 1. The van der Waals surface area contributed by atoms with Crippen LogP contribution >= 0.6 is 11.6 Å². The van der Waals surface area contributed by atoms with Gasteiger partial charge in [0, 0.05) is 6.54 Å². The van der Waals surface area contributed by atoms with Crippen LogP contribution in [0.1, 0.15) is 18.9 Å². The normalized spacial score (nSPS) is 9.92. The third kappa shape index (κ3) is 2.70. The van der Waals surface area contributed by atoms with Gasteiger partial charge in [0.15, 0.2) is 0 Å². The van der Waals surface area contributed by atoms with E-state index in [0.29, 0.717) is 5.15 Å². The lowest BCUT2D eigenvalue weighted by Gasteiger charge is -2.04. The molecule has 0 amide bonds. The fourth-order valence-electron chi connectivity index (χ4n) is 0.968. The van der Waals surface area contributed by atoms with E-state index in [4.69, 9.17) is 11.6 Å². The molecule has 12 heavy (non-hydrogen) atoms. The predicted octanol–water partition coefficient (Wildman–Crippen LogP) is 2.87. The van der Waals surface area contributed by atoms with E-state index in [1.165, 1.54) is 0 Å². The van der Waals surface area contributed by atoms with E-state index in [2.05, 4.69) is 17.2 Å². The molecule has 0 aliphatic heterocycles. The number of hydrogen-bond acceptors (Lipinski definition) is 2. The fraction of sp³-hybridized carbons (Fsp3) is 0.444. The lowest BCUT2D eigenvalue weighted by atomic mass is 10.3. The highest BCUT2D eigenvalue weighted by molar-refractivity contribution is 6.29. The molecule has 1 heterocycles. The SMILES string of the molecule is CCCNc1cc(C)cc(Cl)n1. The van der Waals surface area contributed by atoms with Crippen LogP contribution in [-0.2, 0) is 0 Å². The Morgan fingerprint density at radius 2 is 2.25 bits per heavy atom. The molecule has 3 heteroatoms. The molecule has 0 saturated heterocycles. The number of rotatable bonds is 3. The standard InChI is InChI=1S/C9H13ClN2/c1-3-4-11-9-6-7(2)5-8(10)12-9/h5-6H,3-4H2,1-2H3,(H,11,12). The summed E-state index contributed by atoms with van der Waals surface area (Å²) in [6.07, 6.45) is 1.09. The first kappa shape index (κ1) is 9.33. The average molecular weight is 185 g/mol. The second-order valence-corrected chi connectivity index (χ2v) is 3.17. The lowest BCUT2D eigenvalue weighted by Crippen LogP contribution is -2.01. The molecule has 0 aromatic carbocycles. The summed E-state index contributed by atoms with van der Waals surface area (Å²) in [7, 11) is 0. The van der Waals surface area contributed by atoms with E-state index >= 15 is 0 Å². The van der Waals surface area contributed by atoms with Crippen LogP contribution in [0, 0.1) is 6.92 Å². The number of aryl methyl sites for hydroxylation is 1. The molecule has 1 rings (SSSR count). The molecule has 1 aromatic rings. The van der Waals surface area contributed by atoms with Gasteiger partial charge < -0.3 is 5.32 Å². The molecule has 0 aliphatic rings. The zero-order valence-corrected chi connectivity index (χ0v) is 8.15. The van der Waals surface area contributed by atoms with Gasteiger partial charge in [0.2, 0.25) is 0 Å². The summed E-state index contributed by atoms with van der Waals surface area (Å²) in [5.74, 6) is 0.863. The number of nitrogens with zero attached hydrogens (tertiary/aromatic N) is 1. The first-order valence-electron chi connectivity index (χ1n) is 4.10. The predicted molar refractivity (Wildman–Crippen MR) is 52.8 cm³/mol. The van der Waals surface area contributed by atoms with Crippen molar-refractivity contribution in [3.05, 3.63) is 22.8 Å². The minimum atomic E-state index is 0.550. The summed E-state index contributed by atoms with van der Waals surface area (Å²) in [6.45, 7) is 5.06. The number of halogens is 1. The van der Waals surface area contributed by atoms with E-state index in [1.807, 2.05) is 19.1 Å². The summed E-state index contributed by atoms with van der Waals surface area (Å²) in [4.78, 5) is 4.13. The second-order valence-electron chi connectivity index (χ2n) is 2.78. The van der Waals surface area contributed by atoms with E-state index < -0.39 is 0 Å². The highest BCUT2D eigenvalue weighted by Gasteiger charge is 1.96. The smallest absolute Gasteiger partial charge is 0.131 e. The van der Waals surface area contributed by atoms with Gasteiger partial charge in [0.05, 0.1) is 0 Å². The fourth-order valence-corrected chi connectivity index (χ4v) is 1.23. The lowest BCUT2D eigenvalue weighted by molar-refractivity contribution is 0.968. The molecule has 1 aromatic heterocycles. The number of hydrogen-bond donors (Lipinski definition) is 1. The van der Waals surface area contributed by atoms with Gasteiger partial charge in [-0.25, -0.2) is 4.98 Å². The molecule has 2 nitrogen and oxygen atoms in total. The molecule has 0 spiro atoms. The van der Waals surface area contributed by atoms with Crippen LogP contribution in [0.3, 0.4) is 0 Å². The van der Waals surface area contributed by atoms with Gasteiger partial charge in [-0.1, -0.05) is 18.5 Å². The van der Waals surface area contributed by atoms with Crippen LogP contribution in [0.2, 0.25) is 5.15 Å². The maximum absolute atomic E-state index is 5.78. The summed E-state index contributed by atoms with van der Waals surface area (Å²) in [5.41, 5.74) is 1.13.